The van der Waals surface area contributed by atoms with Crippen LogP contribution in [0.3, 0.4) is 0 Å². The van der Waals surface area contributed by atoms with Gasteiger partial charge in [-0.1, -0.05) is 12.1 Å². The van der Waals surface area contributed by atoms with Crippen molar-refractivity contribution < 1.29 is 14.0 Å². The maximum absolute atomic E-state index is 13.3. The number of carbonyl (C=O) groups is 2. The average Bonchev–Trinajstić information content (AvgIpc) is 3.14. The van der Waals surface area contributed by atoms with Crippen molar-refractivity contribution in [1.29, 1.82) is 0 Å². The van der Waals surface area contributed by atoms with Gasteiger partial charge in [0, 0.05) is 37.5 Å². The molecular formula is C19H22FN3O2S. The first-order chi connectivity index (χ1) is 12.5. The Morgan fingerprint density at radius 1 is 1.46 bits per heavy atom. The van der Waals surface area contributed by atoms with E-state index in [1.807, 2.05) is 10.3 Å². The van der Waals surface area contributed by atoms with E-state index < -0.39 is 0 Å². The molecule has 1 aromatic carbocycles. The van der Waals surface area contributed by atoms with E-state index in [2.05, 4.69) is 10.3 Å². The lowest BCUT2D eigenvalue weighted by Gasteiger charge is -2.36. The largest absolute Gasteiger partial charge is 0.347 e. The molecule has 0 saturated carbocycles. The number of thiazole rings is 1. The number of nitrogens with zero attached hydrogens (tertiary/aromatic N) is 2. The normalized spacial score (nSPS) is 18.4. The molecule has 2 amide bonds. The maximum atomic E-state index is 13.3. The molecule has 0 unspecified atom stereocenters. The molecule has 2 heterocycles. The zero-order valence-electron chi connectivity index (χ0n) is 14.7. The summed E-state index contributed by atoms with van der Waals surface area (Å²) in [7, 11) is 0. The van der Waals surface area contributed by atoms with Crippen LogP contribution in [-0.4, -0.2) is 34.8 Å². The molecule has 5 nitrogen and oxygen atoms in total. The van der Waals surface area contributed by atoms with Crippen LogP contribution in [0.25, 0.3) is 0 Å². The van der Waals surface area contributed by atoms with Crippen LogP contribution in [0, 0.1) is 11.7 Å². The van der Waals surface area contributed by atoms with Gasteiger partial charge in [0.25, 0.3) is 0 Å². The minimum absolute atomic E-state index is 0.0130. The monoisotopic (exact) mass is 375 g/mol. The Morgan fingerprint density at radius 3 is 3.00 bits per heavy atom. The maximum Gasteiger partial charge on any atom is 0.227 e. The van der Waals surface area contributed by atoms with Crippen LogP contribution in [0.1, 0.15) is 36.4 Å². The summed E-state index contributed by atoms with van der Waals surface area (Å²) in [5, 5.41) is 5.74. The highest BCUT2D eigenvalue weighted by atomic mass is 32.1. The van der Waals surface area contributed by atoms with Crippen LogP contribution in [0.4, 0.5) is 4.39 Å². The third kappa shape index (κ3) is 4.66. The second kappa shape index (κ2) is 8.40. The van der Waals surface area contributed by atoms with Gasteiger partial charge in [0.05, 0.1) is 12.5 Å². The second-order valence-electron chi connectivity index (χ2n) is 6.60. The Labute approximate surface area is 156 Å². The van der Waals surface area contributed by atoms with Gasteiger partial charge < -0.3 is 10.2 Å². The van der Waals surface area contributed by atoms with Crippen molar-refractivity contribution in [3.8, 4) is 0 Å². The number of likely N-dealkylation sites (tertiary alicyclic amines) is 1. The van der Waals surface area contributed by atoms with Crippen LogP contribution < -0.4 is 5.32 Å². The van der Waals surface area contributed by atoms with E-state index in [1.54, 1.807) is 18.3 Å². The standard InChI is InChI=1S/C19H22FN3O2S/c1-13(24)22-18(19-21-7-9-26-19)15-5-3-8-23(12-15)17(25)11-14-4-2-6-16(20)10-14/h2,4,6-7,9-10,15,18H,3,5,8,11-12H2,1H3,(H,22,24)/t15-,18-/m1/s1. The summed E-state index contributed by atoms with van der Waals surface area (Å²) in [4.78, 5) is 30.5. The fraction of sp³-hybridized carbons (Fsp3) is 0.421. The molecule has 1 fully saturated rings. The molecular weight excluding hydrogens is 353 g/mol. The molecule has 3 rings (SSSR count). The van der Waals surface area contributed by atoms with Crippen LogP contribution in [0.5, 0.6) is 0 Å². The Kier molecular flexibility index (Phi) is 5.98. The number of piperidine rings is 1. The number of hydrogen-bond donors (Lipinski definition) is 1. The molecule has 26 heavy (non-hydrogen) atoms. The summed E-state index contributed by atoms with van der Waals surface area (Å²) < 4.78 is 13.3. The van der Waals surface area contributed by atoms with Gasteiger partial charge in [-0.2, -0.15) is 0 Å². The van der Waals surface area contributed by atoms with Crippen molar-refractivity contribution in [2.45, 2.75) is 32.2 Å². The molecule has 138 valence electrons. The Morgan fingerprint density at radius 2 is 2.31 bits per heavy atom. The molecule has 1 saturated heterocycles. The van der Waals surface area contributed by atoms with Crippen molar-refractivity contribution in [2.75, 3.05) is 13.1 Å². The number of nitrogens with one attached hydrogen (secondary N) is 1. The van der Waals surface area contributed by atoms with Gasteiger partial charge in [-0.3, -0.25) is 9.59 Å². The third-order valence-electron chi connectivity index (χ3n) is 4.60. The highest BCUT2D eigenvalue weighted by Gasteiger charge is 2.32. The lowest BCUT2D eigenvalue weighted by Crippen LogP contribution is -2.45. The van der Waals surface area contributed by atoms with Gasteiger partial charge in [0.1, 0.15) is 10.8 Å². The fourth-order valence-corrected chi connectivity index (χ4v) is 4.21. The van der Waals surface area contributed by atoms with E-state index >= 15 is 0 Å². The predicted octanol–water partition coefficient (Wildman–Crippen LogP) is 2.94. The second-order valence-corrected chi connectivity index (χ2v) is 7.52. The zero-order chi connectivity index (χ0) is 18.5. The first-order valence-corrected chi connectivity index (χ1v) is 9.59. The summed E-state index contributed by atoms with van der Waals surface area (Å²) in [6, 6.07) is 5.97. The van der Waals surface area contributed by atoms with Gasteiger partial charge >= 0.3 is 0 Å². The van der Waals surface area contributed by atoms with Crippen LogP contribution in [0.2, 0.25) is 0 Å². The van der Waals surface area contributed by atoms with E-state index in [0.717, 1.165) is 17.8 Å². The van der Waals surface area contributed by atoms with Crippen LogP contribution in [-0.2, 0) is 16.0 Å². The van der Waals surface area contributed by atoms with Crippen molar-refractivity contribution in [1.82, 2.24) is 15.2 Å². The molecule has 0 bridgehead atoms. The quantitative estimate of drug-likeness (QED) is 0.874. The number of amides is 2. The van der Waals surface area contributed by atoms with E-state index in [4.69, 9.17) is 0 Å². The molecule has 0 spiro atoms. The van der Waals surface area contributed by atoms with Crippen molar-refractivity contribution >= 4 is 23.2 Å². The third-order valence-corrected chi connectivity index (χ3v) is 5.46. The first-order valence-electron chi connectivity index (χ1n) is 8.71. The molecule has 1 aliphatic rings. The molecule has 1 aromatic heterocycles. The molecule has 0 aliphatic carbocycles. The smallest absolute Gasteiger partial charge is 0.227 e. The Hall–Kier alpha value is -2.28. The van der Waals surface area contributed by atoms with Gasteiger partial charge in [0.2, 0.25) is 11.8 Å². The molecule has 1 aliphatic heterocycles. The van der Waals surface area contributed by atoms with Gasteiger partial charge in [-0.15, -0.1) is 11.3 Å². The number of carbonyl (C=O) groups excluding carboxylic acids is 2. The van der Waals surface area contributed by atoms with E-state index in [1.165, 1.54) is 30.4 Å². The van der Waals surface area contributed by atoms with E-state index in [0.29, 0.717) is 18.7 Å². The first kappa shape index (κ1) is 18.5. The molecule has 1 N–H and O–H groups in total. The summed E-state index contributed by atoms with van der Waals surface area (Å²) >= 11 is 1.51. The molecule has 2 atom stereocenters. The van der Waals surface area contributed by atoms with Gasteiger partial charge in [0.15, 0.2) is 0 Å². The van der Waals surface area contributed by atoms with Crippen LogP contribution >= 0.6 is 11.3 Å². The summed E-state index contributed by atoms with van der Waals surface area (Å²) in [6.07, 6.45) is 3.71. The highest BCUT2D eigenvalue weighted by molar-refractivity contribution is 7.09. The topological polar surface area (TPSA) is 62.3 Å². The lowest BCUT2D eigenvalue weighted by molar-refractivity contribution is -0.132. The summed E-state index contributed by atoms with van der Waals surface area (Å²) in [5.74, 6) is -0.328. The predicted molar refractivity (Wildman–Crippen MR) is 98.1 cm³/mol. The van der Waals surface area contributed by atoms with Gasteiger partial charge in [-0.05, 0) is 30.5 Å². The fourth-order valence-electron chi connectivity index (χ4n) is 3.43. The average molecular weight is 375 g/mol. The Bertz CT molecular complexity index is 766. The van der Waals surface area contributed by atoms with Gasteiger partial charge in [-0.25, -0.2) is 9.37 Å². The Balaban J connectivity index is 1.69. The summed E-state index contributed by atoms with van der Waals surface area (Å²) in [6.45, 7) is 2.75. The number of halogens is 1. The summed E-state index contributed by atoms with van der Waals surface area (Å²) in [5.41, 5.74) is 0.676. The number of benzene rings is 1. The SMILES string of the molecule is CC(=O)N[C@@H](c1nccs1)[C@@H]1CCCN(C(=O)Cc2cccc(F)c2)C1. The molecule has 0 radical (unpaired) electrons. The van der Waals surface area contributed by atoms with Crippen molar-refractivity contribution in [2.24, 2.45) is 5.92 Å². The van der Waals surface area contributed by atoms with Crippen molar-refractivity contribution in [3.05, 3.63) is 52.2 Å². The molecule has 7 heteroatoms. The van der Waals surface area contributed by atoms with Crippen LogP contribution in [0.15, 0.2) is 35.8 Å². The number of hydrogen-bond acceptors (Lipinski definition) is 4. The van der Waals surface area contributed by atoms with Crippen molar-refractivity contribution in [3.63, 3.8) is 0 Å². The number of aromatic nitrogens is 1. The highest BCUT2D eigenvalue weighted by Crippen LogP contribution is 2.31. The zero-order valence-corrected chi connectivity index (χ0v) is 15.5. The van der Waals surface area contributed by atoms with E-state index in [-0.39, 0.29) is 36.0 Å². The number of rotatable bonds is 5. The van der Waals surface area contributed by atoms with E-state index in [9.17, 15) is 14.0 Å². The minimum atomic E-state index is -0.332. The minimum Gasteiger partial charge on any atom is -0.347 e. The molecule has 2 aromatic rings. The lowest BCUT2D eigenvalue weighted by atomic mass is 9.90.